The minimum absolute atomic E-state index is 0.808. The van der Waals surface area contributed by atoms with Crippen LogP contribution in [0.2, 0.25) is 0 Å². The van der Waals surface area contributed by atoms with Crippen molar-refractivity contribution in [3.05, 3.63) is 66.0 Å². The van der Waals surface area contributed by atoms with Crippen LogP contribution in [0, 0.1) is 6.92 Å². The van der Waals surface area contributed by atoms with Crippen LogP contribution in [0.4, 0.5) is 5.69 Å². The van der Waals surface area contributed by atoms with E-state index in [2.05, 4.69) is 42.2 Å². The Morgan fingerprint density at radius 3 is 2.75 bits per heavy atom. The number of aryl methyl sites for hydroxylation is 1. The molecule has 2 aromatic carbocycles. The third-order valence-electron chi connectivity index (χ3n) is 3.46. The second kappa shape index (κ2) is 5.55. The second-order valence-corrected chi connectivity index (χ2v) is 5.81. The summed E-state index contributed by atoms with van der Waals surface area (Å²) in [6, 6.07) is 14.5. The van der Waals surface area contributed by atoms with Gasteiger partial charge in [0.2, 0.25) is 0 Å². The maximum atomic E-state index is 6.02. The van der Waals surface area contributed by atoms with E-state index in [4.69, 9.17) is 5.73 Å². The first-order chi connectivity index (χ1) is 9.75. The molecule has 3 aromatic rings. The van der Waals surface area contributed by atoms with Crippen LogP contribution in [0.1, 0.15) is 11.1 Å². The van der Waals surface area contributed by atoms with Crippen LogP contribution < -0.4 is 5.73 Å². The van der Waals surface area contributed by atoms with Gasteiger partial charge < -0.3 is 5.73 Å². The highest BCUT2D eigenvalue weighted by atomic mass is 32.2. The first-order valence-corrected chi connectivity index (χ1v) is 7.54. The molecule has 2 N–H and O–H groups in total. The number of nitrogen functional groups attached to an aromatic ring is 1. The highest BCUT2D eigenvalue weighted by Gasteiger charge is 2.06. The van der Waals surface area contributed by atoms with Crippen molar-refractivity contribution >= 4 is 28.2 Å². The maximum absolute atomic E-state index is 6.02. The summed E-state index contributed by atoms with van der Waals surface area (Å²) in [6.45, 7) is 2.15. The Kier molecular flexibility index (Phi) is 3.61. The van der Waals surface area contributed by atoms with Gasteiger partial charge in [0.05, 0.1) is 0 Å². The molecule has 0 bridgehead atoms. The predicted octanol–water partition coefficient (Wildman–Crippen LogP) is 4.42. The molecule has 0 saturated carbocycles. The summed E-state index contributed by atoms with van der Waals surface area (Å²) in [7, 11) is 0. The lowest BCUT2D eigenvalue weighted by atomic mass is 10.1. The van der Waals surface area contributed by atoms with E-state index in [-0.39, 0.29) is 0 Å². The average molecular weight is 280 g/mol. The van der Waals surface area contributed by atoms with Crippen LogP contribution in [0.3, 0.4) is 0 Å². The van der Waals surface area contributed by atoms with E-state index in [1.165, 1.54) is 16.0 Å². The minimum Gasteiger partial charge on any atom is -0.398 e. The Morgan fingerprint density at radius 2 is 1.90 bits per heavy atom. The number of benzene rings is 2. The van der Waals surface area contributed by atoms with Crippen molar-refractivity contribution in [3.8, 4) is 0 Å². The number of thioether (sulfide) groups is 1. The molecule has 0 amide bonds. The SMILES string of the molecule is Cc1ccccc1CSc1ccc(N)c2ccncc12. The Bertz CT molecular complexity index is 753. The van der Waals surface area contributed by atoms with E-state index in [0.29, 0.717) is 0 Å². The summed E-state index contributed by atoms with van der Waals surface area (Å²) in [5.74, 6) is 0.959. The normalized spacial score (nSPS) is 10.8. The van der Waals surface area contributed by atoms with Crippen molar-refractivity contribution in [1.29, 1.82) is 0 Å². The molecule has 0 spiro atoms. The van der Waals surface area contributed by atoms with Gasteiger partial charge in [-0.3, -0.25) is 4.98 Å². The number of pyridine rings is 1. The summed E-state index contributed by atoms with van der Waals surface area (Å²) >= 11 is 1.83. The van der Waals surface area contributed by atoms with E-state index < -0.39 is 0 Å². The molecule has 100 valence electrons. The Morgan fingerprint density at radius 1 is 1.05 bits per heavy atom. The monoisotopic (exact) mass is 280 g/mol. The molecule has 3 rings (SSSR count). The smallest absolute Gasteiger partial charge is 0.0395 e. The molecule has 0 saturated heterocycles. The summed E-state index contributed by atoms with van der Waals surface area (Å²) < 4.78 is 0. The average Bonchev–Trinajstić information content (AvgIpc) is 2.48. The number of fused-ring (bicyclic) bond motifs is 1. The van der Waals surface area contributed by atoms with Crippen LogP contribution in [-0.4, -0.2) is 4.98 Å². The van der Waals surface area contributed by atoms with Gasteiger partial charge in [-0.1, -0.05) is 24.3 Å². The lowest BCUT2D eigenvalue weighted by Gasteiger charge is -2.09. The fourth-order valence-electron chi connectivity index (χ4n) is 2.24. The maximum Gasteiger partial charge on any atom is 0.0395 e. The van der Waals surface area contributed by atoms with Crippen molar-refractivity contribution in [2.45, 2.75) is 17.6 Å². The first kappa shape index (κ1) is 13.0. The van der Waals surface area contributed by atoms with Gasteiger partial charge in [-0.15, -0.1) is 11.8 Å². The molecule has 0 radical (unpaired) electrons. The van der Waals surface area contributed by atoms with Gasteiger partial charge in [-0.05, 0) is 36.2 Å². The Balaban J connectivity index is 1.92. The number of nitrogens with two attached hydrogens (primary N) is 1. The third-order valence-corrected chi connectivity index (χ3v) is 4.58. The van der Waals surface area contributed by atoms with Gasteiger partial charge in [0.25, 0.3) is 0 Å². The lowest BCUT2D eigenvalue weighted by molar-refractivity contribution is 1.30. The van der Waals surface area contributed by atoms with E-state index in [0.717, 1.165) is 22.2 Å². The molecular weight excluding hydrogens is 264 g/mol. The molecule has 0 aliphatic carbocycles. The zero-order valence-electron chi connectivity index (χ0n) is 11.3. The standard InChI is InChI=1S/C17H16N2S/c1-12-4-2-3-5-13(12)11-20-17-7-6-16(18)14-8-9-19-10-15(14)17/h2-10H,11,18H2,1H3. The van der Waals surface area contributed by atoms with Crippen molar-refractivity contribution in [3.63, 3.8) is 0 Å². The minimum atomic E-state index is 0.808. The fourth-order valence-corrected chi connectivity index (χ4v) is 3.36. The van der Waals surface area contributed by atoms with Crippen molar-refractivity contribution in [2.24, 2.45) is 0 Å². The quantitative estimate of drug-likeness (QED) is 0.570. The lowest BCUT2D eigenvalue weighted by Crippen LogP contribution is -1.90. The number of hydrogen-bond acceptors (Lipinski definition) is 3. The number of aromatic nitrogens is 1. The van der Waals surface area contributed by atoms with Crippen molar-refractivity contribution in [1.82, 2.24) is 4.98 Å². The van der Waals surface area contributed by atoms with E-state index in [1.54, 1.807) is 6.20 Å². The summed E-state index contributed by atoms with van der Waals surface area (Å²) in [5, 5.41) is 2.21. The molecule has 1 aromatic heterocycles. The molecular formula is C17H16N2S. The second-order valence-electron chi connectivity index (χ2n) is 4.79. The number of rotatable bonds is 3. The molecule has 0 aliphatic rings. The predicted molar refractivity (Wildman–Crippen MR) is 86.9 cm³/mol. The van der Waals surface area contributed by atoms with Crippen LogP contribution >= 0.6 is 11.8 Å². The summed E-state index contributed by atoms with van der Waals surface area (Å²) in [6.07, 6.45) is 3.68. The molecule has 20 heavy (non-hydrogen) atoms. The highest BCUT2D eigenvalue weighted by Crippen LogP contribution is 2.33. The Labute approximate surface area is 123 Å². The van der Waals surface area contributed by atoms with Gasteiger partial charge in [0.15, 0.2) is 0 Å². The molecule has 0 atom stereocenters. The molecule has 0 unspecified atom stereocenters. The van der Waals surface area contributed by atoms with E-state index in [1.807, 2.05) is 30.1 Å². The molecule has 0 fully saturated rings. The van der Waals surface area contributed by atoms with Crippen molar-refractivity contribution in [2.75, 3.05) is 5.73 Å². The van der Waals surface area contributed by atoms with Gasteiger partial charge >= 0.3 is 0 Å². The van der Waals surface area contributed by atoms with E-state index >= 15 is 0 Å². The topological polar surface area (TPSA) is 38.9 Å². The van der Waals surface area contributed by atoms with E-state index in [9.17, 15) is 0 Å². The van der Waals surface area contributed by atoms with Crippen LogP contribution in [0.5, 0.6) is 0 Å². The van der Waals surface area contributed by atoms with Gasteiger partial charge in [-0.2, -0.15) is 0 Å². The summed E-state index contributed by atoms with van der Waals surface area (Å²) in [5.41, 5.74) is 9.53. The number of hydrogen-bond donors (Lipinski definition) is 1. The zero-order valence-corrected chi connectivity index (χ0v) is 12.2. The number of nitrogens with zero attached hydrogens (tertiary/aromatic N) is 1. The molecule has 3 heteroatoms. The van der Waals surface area contributed by atoms with Crippen molar-refractivity contribution < 1.29 is 0 Å². The zero-order chi connectivity index (χ0) is 13.9. The Hall–Kier alpha value is -2.00. The van der Waals surface area contributed by atoms with Gasteiger partial charge in [0, 0.05) is 39.5 Å². The first-order valence-electron chi connectivity index (χ1n) is 6.55. The van der Waals surface area contributed by atoms with Crippen LogP contribution in [0.25, 0.3) is 10.8 Å². The number of anilines is 1. The largest absolute Gasteiger partial charge is 0.398 e. The van der Waals surface area contributed by atoms with Crippen LogP contribution in [0.15, 0.2) is 59.8 Å². The third kappa shape index (κ3) is 2.49. The molecule has 0 aliphatic heterocycles. The fraction of sp³-hybridized carbons (Fsp3) is 0.118. The van der Waals surface area contributed by atoms with Gasteiger partial charge in [-0.25, -0.2) is 0 Å². The molecule has 2 nitrogen and oxygen atoms in total. The van der Waals surface area contributed by atoms with Gasteiger partial charge in [0.1, 0.15) is 0 Å². The highest BCUT2D eigenvalue weighted by molar-refractivity contribution is 7.98. The van der Waals surface area contributed by atoms with Crippen LogP contribution in [-0.2, 0) is 5.75 Å². The molecule has 1 heterocycles. The summed E-state index contributed by atoms with van der Waals surface area (Å²) in [4.78, 5) is 5.45.